The number of carbonyl (C=O) groups is 1. The van der Waals surface area contributed by atoms with Crippen molar-refractivity contribution in [2.75, 3.05) is 13.7 Å². The number of nitro benzene ring substituents is 1. The van der Waals surface area contributed by atoms with Crippen LogP contribution in [-0.4, -0.2) is 24.5 Å². The molecule has 1 unspecified atom stereocenters. The van der Waals surface area contributed by atoms with E-state index >= 15 is 0 Å². The molecule has 0 saturated heterocycles. The maximum absolute atomic E-state index is 12.3. The second-order valence-corrected chi connectivity index (χ2v) is 6.63. The molecule has 27 heavy (non-hydrogen) atoms. The summed E-state index contributed by atoms with van der Waals surface area (Å²) in [6.07, 6.45) is 0. The molecule has 0 saturated carbocycles. The highest BCUT2D eigenvalue weighted by molar-refractivity contribution is 6.32. The van der Waals surface area contributed by atoms with E-state index < -0.39 is 4.92 Å². The molecule has 0 spiro atoms. The van der Waals surface area contributed by atoms with Crippen molar-refractivity contribution in [1.82, 2.24) is 5.32 Å². The number of rotatable bonds is 8. The van der Waals surface area contributed by atoms with Crippen LogP contribution in [0.5, 0.6) is 11.5 Å². The Balaban J connectivity index is 2.00. The molecular formula is C19H21ClN2O5. The first-order chi connectivity index (χ1) is 12.8. The van der Waals surface area contributed by atoms with E-state index in [1.165, 1.54) is 18.2 Å². The summed E-state index contributed by atoms with van der Waals surface area (Å²) in [6.45, 7) is 3.75. The topological polar surface area (TPSA) is 90.7 Å². The molecule has 0 fully saturated rings. The maximum Gasteiger partial charge on any atom is 0.271 e. The second kappa shape index (κ2) is 9.23. The second-order valence-electron chi connectivity index (χ2n) is 6.22. The van der Waals surface area contributed by atoms with Gasteiger partial charge in [-0.3, -0.25) is 14.9 Å². The highest BCUT2D eigenvalue weighted by Gasteiger charge is 2.19. The molecule has 2 aromatic rings. The van der Waals surface area contributed by atoms with E-state index in [-0.39, 0.29) is 40.9 Å². The van der Waals surface area contributed by atoms with Gasteiger partial charge in [-0.2, -0.15) is 0 Å². The third kappa shape index (κ3) is 5.59. The zero-order valence-corrected chi connectivity index (χ0v) is 16.0. The number of nitrogens with one attached hydrogen (secondary N) is 1. The molecule has 0 aromatic heterocycles. The Bertz CT molecular complexity index is 808. The monoisotopic (exact) mass is 392 g/mol. The van der Waals surface area contributed by atoms with Gasteiger partial charge in [-0.1, -0.05) is 37.6 Å². The van der Waals surface area contributed by atoms with Crippen LogP contribution in [-0.2, 0) is 4.79 Å². The van der Waals surface area contributed by atoms with E-state index in [1.54, 1.807) is 7.11 Å². The van der Waals surface area contributed by atoms with Crippen molar-refractivity contribution < 1.29 is 19.2 Å². The fourth-order valence-corrected chi connectivity index (χ4v) is 2.75. The Morgan fingerprint density at radius 2 is 1.89 bits per heavy atom. The Morgan fingerprint density at radius 1 is 1.22 bits per heavy atom. The lowest BCUT2D eigenvalue weighted by Gasteiger charge is -2.23. The van der Waals surface area contributed by atoms with Gasteiger partial charge in [0.2, 0.25) is 0 Å². The first-order valence-electron chi connectivity index (χ1n) is 8.32. The van der Waals surface area contributed by atoms with Gasteiger partial charge in [-0.25, -0.2) is 0 Å². The minimum Gasteiger partial charge on any atom is -0.497 e. The highest BCUT2D eigenvalue weighted by atomic mass is 35.5. The molecule has 0 radical (unpaired) electrons. The zero-order valence-electron chi connectivity index (χ0n) is 15.3. The van der Waals surface area contributed by atoms with Crippen LogP contribution in [0.25, 0.3) is 0 Å². The van der Waals surface area contributed by atoms with Crippen LogP contribution in [0.3, 0.4) is 0 Å². The summed E-state index contributed by atoms with van der Waals surface area (Å²) in [5, 5.41) is 13.7. The number of benzene rings is 2. The number of ether oxygens (including phenoxy) is 2. The van der Waals surface area contributed by atoms with Gasteiger partial charge in [-0.05, 0) is 29.7 Å². The van der Waals surface area contributed by atoms with E-state index in [2.05, 4.69) is 5.32 Å². The van der Waals surface area contributed by atoms with Crippen molar-refractivity contribution in [1.29, 1.82) is 0 Å². The van der Waals surface area contributed by atoms with Crippen molar-refractivity contribution in [2.24, 2.45) is 5.92 Å². The molecule has 8 heteroatoms. The van der Waals surface area contributed by atoms with Crippen molar-refractivity contribution in [2.45, 2.75) is 19.9 Å². The smallest absolute Gasteiger partial charge is 0.271 e. The summed E-state index contributed by atoms with van der Waals surface area (Å²) in [4.78, 5) is 22.5. The summed E-state index contributed by atoms with van der Waals surface area (Å²) in [5.74, 6) is 0.788. The molecule has 0 aliphatic rings. The van der Waals surface area contributed by atoms with Gasteiger partial charge in [-0.15, -0.1) is 0 Å². The van der Waals surface area contributed by atoms with Crippen LogP contribution in [0.4, 0.5) is 5.69 Å². The number of amides is 1. The lowest BCUT2D eigenvalue weighted by Crippen LogP contribution is -2.35. The van der Waals surface area contributed by atoms with E-state index in [0.717, 1.165) is 11.3 Å². The molecule has 144 valence electrons. The van der Waals surface area contributed by atoms with Gasteiger partial charge in [0.25, 0.3) is 11.6 Å². The Hall–Kier alpha value is -2.80. The average molecular weight is 393 g/mol. The number of nitro groups is 1. The summed E-state index contributed by atoms with van der Waals surface area (Å²) in [7, 11) is 1.59. The van der Waals surface area contributed by atoms with E-state index in [9.17, 15) is 14.9 Å². The van der Waals surface area contributed by atoms with Crippen LogP contribution < -0.4 is 14.8 Å². The van der Waals surface area contributed by atoms with E-state index in [4.69, 9.17) is 21.1 Å². The van der Waals surface area contributed by atoms with Crippen LogP contribution in [0.1, 0.15) is 25.5 Å². The predicted octanol–water partition coefficient (Wildman–Crippen LogP) is 4.15. The molecule has 1 amide bonds. The largest absolute Gasteiger partial charge is 0.497 e. The number of non-ortho nitro benzene ring substituents is 1. The number of methoxy groups -OCH3 is 1. The minimum atomic E-state index is -0.551. The van der Waals surface area contributed by atoms with Crippen molar-refractivity contribution in [3.05, 3.63) is 63.2 Å². The van der Waals surface area contributed by atoms with Crippen LogP contribution in [0.2, 0.25) is 5.02 Å². The highest BCUT2D eigenvalue weighted by Crippen LogP contribution is 2.29. The normalized spacial score (nSPS) is 11.7. The number of hydrogen-bond acceptors (Lipinski definition) is 5. The van der Waals surface area contributed by atoms with Crippen molar-refractivity contribution in [3.8, 4) is 11.5 Å². The Kier molecular flexibility index (Phi) is 7.01. The summed E-state index contributed by atoms with van der Waals surface area (Å²) in [6, 6.07) is 11.1. The summed E-state index contributed by atoms with van der Waals surface area (Å²) >= 11 is 5.96. The summed E-state index contributed by atoms with van der Waals surface area (Å²) < 4.78 is 10.6. The SMILES string of the molecule is COc1ccc(C(NC(=O)COc2ccc([N+](=O)[O-])cc2Cl)C(C)C)cc1. The zero-order chi connectivity index (χ0) is 20.0. The van der Waals surface area contributed by atoms with Gasteiger partial charge in [0.15, 0.2) is 6.61 Å². The fourth-order valence-electron chi connectivity index (χ4n) is 2.52. The van der Waals surface area contributed by atoms with Crippen LogP contribution in [0, 0.1) is 16.0 Å². The Labute approximate surface area is 162 Å². The average Bonchev–Trinajstić information content (AvgIpc) is 2.64. The third-order valence-corrected chi connectivity index (χ3v) is 4.24. The quantitative estimate of drug-likeness (QED) is 0.538. The van der Waals surface area contributed by atoms with Gasteiger partial charge < -0.3 is 14.8 Å². The van der Waals surface area contributed by atoms with Gasteiger partial charge in [0.05, 0.1) is 23.1 Å². The number of carbonyl (C=O) groups excluding carboxylic acids is 1. The molecule has 0 aliphatic heterocycles. The van der Waals surface area contributed by atoms with Crippen molar-refractivity contribution in [3.63, 3.8) is 0 Å². The first-order valence-corrected chi connectivity index (χ1v) is 8.69. The van der Waals surface area contributed by atoms with Gasteiger partial charge in [0.1, 0.15) is 11.5 Å². The van der Waals surface area contributed by atoms with Crippen molar-refractivity contribution >= 4 is 23.2 Å². The fraction of sp³-hybridized carbons (Fsp3) is 0.316. The number of hydrogen-bond donors (Lipinski definition) is 1. The van der Waals surface area contributed by atoms with Gasteiger partial charge in [0, 0.05) is 12.1 Å². The number of halogens is 1. The molecule has 2 aromatic carbocycles. The molecule has 0 heterocycles. The van der Waals surface area contributed by atoms with E-state index in [0.29, 0.717) is 0 Å². The van der Waals surface area contributed by atoms with Crippen LogP contribution >= 0.6 is 11.6 Å². The lowest BCUT2D eigenvalue weighted by molar-refractivity contribution is -0.384. The molecule has 1 atom stereocenters. The summed E-state index contributed by atoms with van der Waals surface area (Å²) in [5.41, 5.74) is 0.809. The Morgan fingerprint density at radius 3 is 2.41 bits per heavy atom. The van der Waals surface area contributed by atoms with E-state index in [1.807, 2.05) is 38.1 Å². The molecular weight excluding hydrogens is 372 g/mol. The first kappa shape index (κ1) is 20.5. The standard InChI is InChI=1S/C19H21ClN2O5/c1-12(2)19(13-4-7-15(26-3)8-5-13)21-18(23)11-27-17-9-6-14(22(24)25)10-16(17)20/h4-10,12,19H,11H2,1-3H3,(H,21,23). The van der Waals surface area contributed by atoms with Crippen LogP contribution in [0.15, 0.2) is 42.5 Å². The molecule has 1 N–H and O–H groups in total. The number of nitrogens with zero attached hydrogens (tertiary/aromatic N) is 1. The maximum atomic E-state index is 12.3. The molecule has 0 bridgehead atoms. The molecule has 2 rings (SSSR count). The lowest BCUT2D eigenvalue weighted by atomic mass is 9.96. The van der Waals surface area contributed by atoms with Gasteiger partial charge >= 0.3 is 0 Å². The minimum absolute atomic E-state index is 0.0764. The third-order valence-electron chi connectivity index (χ3n) is 3.94. The molecule has 0 aliphatic carbocycles. The molecule has 7 nitrogen and oxygen atoms in total. The predicted molar refractivity (Wildman–Crippen MR) is 102 cm³/mol.